The maximum atomic E-state index is 13.9. The summed E-state index contributed by atoms with van der Waals surface area (Å²) in [5.41, 5.74) is 2.61. The molecule has 0 saturated heterocycles. The van der Waals surface area contributed by atoms with Crippen LogP contribution in [0.4, 0.5) is 15.8 Å². The van der Waals surface area contributed by atoms with Gasteiger partial charge in [-0.25, -0.2) is 4.39 Å². The average Bonchev–Trinajstić information content (AvgIpc) is 3.08. The van der Waals surface area contributed by atoms with Gasteiger partial charge in [-0.15, -0.1) is 5.10 Å². The van der Waals surface area contributed by atoms with E-state index in [0.29, 0.717) is 22.0 Å². The molecule has 9 heteroatoms. The fourth-order valence-electron chi connectivity index (χ4n) is 3.13. The highest BCUT2D eigenvalue weighted by Gasteiger charge is 2.57. The molecule has 4 rings (SSSR count). The Morgan fingerprint density at radius 1 is 1.27 bits per heavy atom. The Hall–Kier alpha value is -3.13. The fourth-order valence-corrected chi connectivity index (χ4v) is 3.26. The first kappa shape index (κ1) is 16.3. The lowest BCUT2D eigenvalue weighted by molar-refractivity contribution is -0.121. The molecule has 2 heterocycles. The van der Waals surface area contributed by atoms with Crippen LogP contribution in [0.2, 0.25) is 5.02 Å². The first-order valence-electron chi connectivity index (χ1n) is 7.71. The molecule has 2 aromatic rings. The van der Waals surface area contributed by atoms with Crippen LogP contribution in [-0.2, 0) is 15.3 Å². The van der Waals surface area contributed by atoms with Crippen molar-refractivity contribution in [3.8, 4) is 0 Å². The van der Waals surface area contributed by atoms with Gasteiger partial charge in [0.1, 0.15) is 5.82 Å². The van der Waals surface area contributed by atoms with Crippen molar-refractivity contribution in [3.63, 3.8) is 0 Å². The van der Waals surface area contributed by atoms with E-state index >= 15 is 0 Å². The highest BCUT2D eigenvalue weighted by Crippen LogP contribution is 2.43. The monoisotopic (exact) mass is 373 g/mol. The molecule has 0 aromatic heterocycles. The number of benzene rings is 2. The Morgan fingerprint density at radius 3 is 2.69 bits per heavy atom. The van der Waals surface area contributed by atoms with E-state index in [1.165, 1.54) is 30.0 Å². The zero-order valence-corrected chi connectivity index (χ0v) is 14.3. The molecule has 7 nitrogen and oxygen atoms in total. The van der Waals surface area contributed by atoms with Crippen LogP contribution in [0.15, 0.2) is 47.6 Å². The molecule has 0 aliphatic carbocycles. The van der Waals surface area contributed by atoms with Crippen molar-refractivity contribution >= 4 is 40.7 Å². The largest absolute Gasteiger partial charge is 0.322 e. The van der Waals surface area contributed by atoms with Crippen molar-refractivity contribution in [3.05, 3.63) is 58.9 Å². The number of hydrogen-bond donors (Lipinski definition) is 3. The van der Waals surface area contributed by atoms with Gasteiger partial charge in [0, 0.05) is 28.9 Å². The van der Waals surface area contributed by atoms with Gasteiger partial charge in [0.25, 0.3) is 5.91 Å². The number of nitrogens with one attached hydrogen (secondary N) is 3. The Kier molecular flexibility index (Phi) is 3.58. The van der Waals surface area contributed by atoms with E-state index in [9.17, 15) is 14.0 Å². The lowest BCUT2D eigenvalue weighted by Gasteiger charge is -2.34. The van der Waals surface area contributed by atoms with Gasteiger partial charge in [-0.1, -0.05) is 11.6 Å². The Labute approximate surface area is 152 Å². The third-order valence-corrected chi connectivity index (χ3v) is 4.44. The first-order chi connectivity index (χ1) is 12.4. The van der Waals surface area contributed by atoms with Crippen LogP contribution >= 0.6 is 11.6 Å². The number of hydrogen-bond acceptors (Lipinski definition) is 5. The number of rotatable bonds is 1. The summed E-state index contributed by atoms with van der Waals surface area (Å²) < 4.78 is 13.9. The third kappa shape index (κ3) is 2.30. The molecule has 0 fully saturated rings. The molecule has 1 atom stereocenters. The first-order valence-corrected chi connectivity index (χ1v) is 8.09. The number of halogens is 2. The summed E-state index contributed by atoms with van der Waals surface area (Å²) in [5, 5.41) is 9.93. The maximum absolute atomic E-state index is 13.9. The van der Waals surface area contributed by atoms with Gasteiger partial charge in [0.15, 0.2) is 0 Å². The lowest BCUT2D eigenvalue weighted by Crippen LogP contribution is -2.58. The van der Waals surface area contributed by atoms with Gasteiger partial charge < -0.3 is 5.32 Å². The van der Waals surface area contributed by atoms with Crippen molar-refractivity contribution in [2.45, 2.75) is 12.6 Å². The summed E-state index contributed by atoms with van der Waals surface area (Å²) >= 11 is 5.96. The number of carbonyl (C=O) groups is 2. The summed E-state index contributed by atoms with van der Waals surface area (Å²) in [7, 11) is 0. The van der Waals surface area contributed by atoms with Gasteiger partial charge >= 0.3 is 0 Å². The van der Waals surface area contributed by atoms with Crippen molar-refractivity contribution in [1.82, 2.24) is 10.7 Å². The van der Waals surface area contributed by atoms with E-state index in [-0.39, 0.29) is 11.9 Å². The molecule has 0 saturated carbocycles. The van der Waals surface area contributed by atoms with Gasteiger partial charge in [-0.3, -0.25) is 25.2 Å². The Morgan fingerprint density at radius 2 is 2.00 bits per heavy atom. The molecule has 26 heavy (non-hydrogen) atoms. The zero-order chi connectivity index (χ0) is 18.5. The number of nitrogens with zero attached hydrogens (tertiary/aromatic N) is 2. The Balaban J connectivity index is 1.91. The van der Waals surface area contributed by atoms with Crippen LogP contribution in [-0.4, -0.2) is 17.8 Å². The summed E-state index contributed by atoms with van der Waals surface area (Å²) in [4.78, 5) is 26.0. The number of amides is 2. The summed E-state index contributed by atoms with van der Waals surface area (Å²) in [5.74, 6) is -1.19. The van der Waals surface area contributed by atoms with Gasteiger partial charge in [-0.2, -0.15) is 0 Å². The normalized spacial score (nSPS) is 20.5. The lowest BCUT2D eigenvalue weighted by atomic mass is 9.99. The number of carbonyl (C=O) groups excluding carboxylic acids is 2. The predicted molar refractivity (Wildman–Crippen MR) is 95.0 cm³/mol. The molecule has 0 bridgehead atoms. The number of fused-ring (bicyclic) bond motifs is 2. The Bertz CT molecular complexity index is 962. The minimum absolute atomic E-state index is 0.118. The molecule has 2 amide bonds. The van der Waals surface area contributed by atoms with Crippen LogP contribution in [0, 0.1) is 5.82 Å². The van der Waals surface area contributed by atoms with Crippen LogP contribution in [0.3, 0.4) is 0 Å². The van der Waals surface area contributed by atoms with Crippen LogP contribution in [0.25, 0.3) is 0 Å². The summed E-state index contributed by atoms with van der Waals surface area (Å²) in [6, 6.07) is 10.7. The van der Waals surface area contributed by atoms with E-state index in [2.05, 4.69) is 21.2 Å². The second kappa shape index (κ2) is 5.70. The number of anilines is 2. The highest BCUT2D eigenvalue weighted by atomic mass is 35.5. The van der Waals surface area contributed by atoms with Crippen molar-refractivity contribution in [1.29, 1.82) is 0 Å². The fraction of sp³-hybridized carbons (Fsp3) is 0.118. The molecule has 1 unspecified atom stereocenters. The van der Waals surface area contributed by atoms with E-state index in [0.717, 1.165) is 0 Å². The van der Waals surface area contributed by atoms with E-state index < -0.39 is 17.4 Å². The molecule has 0 radical (unpaired) electrons. The van der Waals surface area contributed by atoms with Crippen molar-refractivity contribution in [2.75, 3.05) is 10.2 Å². The van der Waals surface area contributed by atoms with E-state index in [4.69, 9.17) is 11.6 Å². The molecule has 2 aliphatic heterocycles. The molecule has 1 spiro atoms. The predicted octanol–water partition coefficient (Wildman–Crippen LogP) is 2.10. The second-order valence-corrected chi connectivity index (χ2v) is 6.33. The van der Waals surface area contributed by atoms with Crippen LogP contribution in [0.1, 0.15) is 12.5 Å². The topological polar surface area (TPSA) is 85.8 Å². The minimum Gasteiger partial charge on any atom is -0.322 e. The molecule has 2 aromatic carbocycles. The summed E-state index contributed by atoms with van der Waals surface area (Å²) in [6.45, 7) is 1.33. The smallest absolute Gasteiger partial charge is 0.278 e. The molecular formula is C17H13ClFN5O2. The quantitative estimate of drug-likeness (QED) is 0.714. The zero-order valence-electron chi connectivity index (χ0n) is 13.5. The molecule has 2 aliphatic rings. The second-order valence-electron chi connectivity index (χ2n) is 5.89. The van der Waals surface area contributed by atoms with Crippen molar-refractivity contribution < 1.29 is 14.0 Å². The van der Waals surface area contributed by atoms with Crippen LogP contribution in [0.5, 0.6) is 0 Å². The number of hydrazone groups is 1. The molecular weight excluding hydrogens is 361 g/mol. The van der Waals surface area contributed by atoms with Gasteiger partial charge in [0.05, 0.1) is 0 Å². The minimum atomic E-state index is -1.52. The number of guanidine groups is 1. The third-order valence-electron chi connectivity index (χ3n) is 4.19. The highest BCUT2D eigenvalue weighted by molar-refractivity contribution is 6.30. The average molecular weight is 374 g/mol. The standard InChI is InChI=1S/C17H13ClFN5O2/c1-9(25)20-16-22-23-17(24(16)12-5-2-10(18)3-6-12)13-8-11(19)4-7-14(13)21-15(17)26/h2-8,23H,1H3,(H,21,26)(H,20,22,25). The van der Waals surface area contributed by atoms with Gasteiger partial charge in [-0.05, 0) is 42.5 Å². The molecule has 3 N–H and O–H groups in total. The summed E-state index contributed by atoms with van der Waals surface area (Å²) in [6.07, 6.45) is 0. The maximum Gasteiger partial charge on any atom is 0.278 e. The van der Waals surface area contributed by atoms with E-state index in [1.807, 2.05) is 0 Å². The van der Waals surface area contributed by atoms with Crippen molar-refractivity contribution in [2.24, 2.45) is 5.10 Å². The SMILES string of the molecule is CC(=O)NC1=NNC2(C(=O)Nc3ccc(F)cc32)N1c1ccc(Cl)cc1. The van der Waals surface area contributed by atoms with Gasteiger partial charge in [0.2, 0.25) is 17.5 Å². The molecule has 132 valence electrons. The van der Waals surface area contributed by atoms with E-state index in [1.54, 1.807) is 24.3 Å². The van der Waals surface area contributed by atoms with Crippen LogP contribution < -0.4 is 21.0 Å².